The summed E-state index contributed by atoms with van der Waals surface area (Å²) < 4.78 is 27.7. The summed E-state index contributed by atoms with van der Waals surface area (Å²) in [6.45, 7) is 11.7. The van der Waals surface area contributed by atoms with Crippen molar-refractivity contribution in [3.8, 4) is 23.0 Å². The number of H-pyrrole nitrogens is 1. The van der Waals surface area contributed by atoms with Crippen LogP contribution >= 0.6 is 0 Å². The third-order valence-electron chi connectivity index (χ3n) is 8.67. The highest BCUT2D eigenvalue weighted by molar-refractivity contribution is 5.86. The summed E-state index contributed by atoms with van der Waals surface area (Å²) in [6.07, 6.45) is -0.686. The number of carbonyl (C=O) groups excluding carboxylic acids is 1. The van der Waals surface area contributed by atoms with Gasteiger partial charge in [-0.1, -0.05) is 20.8 Å². The van der Waals surface area contributed by atoms with Gasteiger partial charge in [0.05, 0.1) is 39.5 Å². The lowest BCUT2D eigenvalue weighted by Gasteiger charge is -2.42. The van der Waals surface area contributed by atoms with Crippen molar-refractivity contribution in [3.05, 3.63) is 65.7 Å². The molecule has 3 aromatic carbocycles. The number of amides is 1. The largest absolute Gasteiger partial charge is 0.497 e. The van der Waals surface area contributed by atoms with Gasteiger partial charge >= 0.3 is 12.1 Å². The second-order valence-corrected chi connectivity index (χ2v) is 14.3. The lowest BCUT2D eigenvalue weighted by atomic mass is 9.71. The number of nitrogens with one attached hydrogen (secondary N) is 3. The quantitative estimate of drug-likeness (QED) is 0.101. The van der Waals surface area contributed by atoms with Gasteiger partial charge in [-0.3, -0.25) is 0 Å². The number of imidazole rings is 1. The lowest BCUT2D eigenvalue weighted by molar-refractivity contribution is -0.150. The van der Waals surface area contributed by atoms with E-state index in [0.717, 1.165) is 27.8 Å². The molecule has 0 radical (unpaired) electrons. The van der Waals surface area contributed by atoms with Crippen molar-refractivity contribution in [2.45, 2.75) is 72.2 Å². The Hall–Kier alpha value is -5.33. The zero-order chi connectivity index (χ0) is 37.6. The van der Waals surface area contributed by atoms with Gasteiger partial charge in [0.15, 0.2) is 0 Å². The number of methoxy groups -OCH3 is 4. The van der Waals surface area contributed by atoms with Crippen LogP contribution in [0.25, 0.3) is 11.0 Å². The average molecular weight is 706 g/mol. The number of aromatic nitrogens is 2. The SMILES string of the molecule is COc1ccc(CN(Cc2ccc(OC)cc2OC)c2nc3ccc(NCC[C@@](NC(=O)OC(C)(C)C)(C(=O)O)C(C)(C)C)cc3[nH]2)c(OC)c1. The Labute approximate surface area is 299 Å². The zero-order valence-electron chi connectivity index (χ0n) is 31.2. The van der Waals surface area contributed by atoms with Gasteiger partial charge in [0, 0.05) is 48.6 Å². The molecule has 0 saturated carbocycles. The average Bonchev–Trinajstić information content (AvgIpc) is 3.49. The standard InChI is InChI=1S/C38H51N5O8/c1-36(2,3)38(33(44)45,42-35(46)51-37(4,5)6)17-18-39-26-13-16-29-30(19-26)41-34(40-29)43(22-24-11-14-27(47-7)20-31(24)49-9)23-25-12-15-28(48-8)21-32(25)50-10/h11-16,19-21,39H,17-18,22-23H2,1-10H3,(H,40,41)(H,42,46)(H,44,45)/t38-/m1/s1. The summed E-state index contributed by atoms with van der Waals surface area (Å²) in [7, 11) is 6.48. The van der Waals surface area contributed by atoms with E-state index in [2.05, 4.69) is 20.5 Å². The summed E-state index contributed by atoms with van der Waals surface area (Å²) in [5, 5.41) is 16.4. The van der Waals surface area contributed by atoms with E-state index in [4.69, 9.17) is 28.7 Å². The third kappa shape index (κ3) is 9.27. The molecule has 13 heteroatoms. The van der Waals surface area contributed by atoms with Gasteiger partial charge in [0.2, 0.25) is 5.95 Å². The first-order valence-electron chi connectivity index (χ1n) is 16.7. The summed E-state index contributed by atoms with van der Waals surface area (Å²) in [6, 6.07) is 17.1. The third-order valence-corrected chi connectivity index (χ3v) is 8.67. The summed E-state index contributed by atoms with van der Waals surface area (Å²) in [4.78, 5) is 36.0. The van der Waals surface area contributed by atoms with Crippen LogP contribution in [0.1, 0.15) is 59.1 Å². The molecule has 1 heterocycles. The fourth-order valence-corrected chi connectivity index (χ4v) is 5.82. The minimum absolute atomic E-state index is 0.0957. The number of hydrogen-bond acceptors (Lipinski definition) is 10. The number of hydrogen-bond donors (Lipinski definition) is 4. The molecule has 0 bridgehead atoms. The van der Waals surface area contributed by atoms with Crippen molar-refractivity contribution in [3.63, 3.8) is 0 Å². The number of carboxylic acid groups (broad SMARTS) is 1. The maximum Gasteiger partial charge on any atom is 0.408 e. The Bertz CT molecular complexity index is 1770. The monoisotopic (exact) mass is 705 g/mol. The predicted octanol–water partition coefficient (Wildman–Crippen LogP) is 7.00. The second-order valence-electron chi connectivity index (χ2n) is 14.3. The lowest BCUT2D eigenvalue weighted by Crippen LogP contribution is -2.63. The molecular weight excluding hydrogens is 654 g/mol. The smallest absolute Gasteiger partial charge is 0.408 e. The van der Waals surface area contributed by atoms with Crippen molar-refractivity contribution in [2.24, 2.45) is 5.41 Å². The molecule has 0 aliphatic heterocycles. The molecule has 0 spiro atoms. The van der Waals surface area contributed by atoms with E-state index in [1.807, 2.05) is 54.6 Å². The first-order valence-corrected chi connectivity index (χ1v) is 16.7. The molecule has 1 amide bonds. The van der Waals surface area contributed by atoms with Crippen LogP contribution < -0.4 is 34.5 Å². The highest BCUT2D eigenvalue weighted by Gasteiger charge is 2.50. The highest BCUT2D eigenvalue weighted by Crippen LogP contribution is 2.35. The van der Waals surface area contributed by atoms with E-state index in [9.17, 15) is 14.7 Å². The molecule has 4 rings (SSSR count). The Balaban J connectivity index is 1.63. The normalized spacial score (nSPS) is 12.8. The molecule has 4 N–H and O–H groups in total. The molecular formula is C38H51N5O8. The van der Waals surface area contributed by atoms with E-state index < -0.39 is 28.6 Å². The maximum absolute atomic E-state index is 12.8. The van der Waals surface area contributed by atoms with Gasteiger partial charge in [-0.25, -0.2) is 14.6 Å². The van der Waals surface area contributed by atoms with E-state index in [1.54, 1.807) is 70.0 Å². The molecule has 0 aliphatic carbocycles. The van der Waals surface area contributed by atoms with Crippen LogP contribution in [0.4, 0.5) is 16.4 Å². The molecule has 1 aromatic heterocycles. The number of nitrogens with zero attached hydrogens (tertiary/aromatic N) is 2. The molecule has 276 valence electrons. The number of aliphatic carboxylic acids is 1. The Morgan fingerprint density at radius 1 is 0.804 bits per heavy atom. The van der Waals surface area contributed by atoms with E-state index >= 15 is 0 Å². The van der Waals surface area contributed by atoms with E-state index in [-0.39, 0.29) is 13.0 Å². The van der Waals surface area contributed by atoms with Crippen molar-refractivity contribution >= 4 is 34.7 Å². The number of alkyl carbamates (subject to hydrolysis) is 1. The Morgan fingerprint density at radius 3 is 1.84 bits per heavy atom. The minimum Gasteiger partial charge on any atom is -0.497 e. The van der Waals surface area contributed by atoms with Crippen LogP contribution in [0.2, 0.25) is 0 Å². The summed E-state index contributed by atoms with van der Waals surface area (Å²) in [5.74, 6) is 2.21. The van der Waals surface area contributed by atoms with Gasteiger partial charge in [-0.15, -0.1) is 0 Å². The minimum atomic E-state index is -1.60. The van der Waals surface area contributed by atoms with Gasteiger partial charge in [-0.05, 0) is 75.1 Å². The second kappa shape index (κ2) is 15.7. The molecule has 0 fully saturated rings. The van der Waals surface area contributed by atoms with E-state index in [0.29, 0.717) is 42.0 Å². The number of ether oxygens (including phenoxy) is 5. The number of carbonyl (C=O) groups is 2. The van der Waals surface area contributed by atoms with Crippen LogP contribution in [-0.2, 0) is 22.6 Å². The number of benzene rings is 3. The van der Waals surface area contributed by atoms with Crippen LogP contribution in [0, 0.1) is 5.41 Å². The van der Waals surface area contributed by atoms with Gasteiger partial charge in [-0.2, -0.15) is 0 Å². The molecule has 4 aromatic rings. The maximum atomic E-state index is 12.8. The number of aromatic amines is 1. The highest BCUT2D eigenvalue weighted by atomic mass is 16.6. The fraction of sp³-hybridized carbons (Fsp3) is 0.447. The summed E-state index contributed by atoms with van der Waals surface area (Å²) >= 11 is 0. The van der Waals surface area contributed by atoms with Crippen molar-refractivity contribution < 1.29 is 38.4 Å². The van der Waals surface area contributed by atoms with Crippen LogP contribution in [0.5, 0.6) is 23.0 Å². The molecule has 0 unspecified atom stereocenters. The Morgan fingerprint density at radius 2 is 1.37 bits per heavy atom. The number of anilines is 2. The fourth-order valence-electron chi connectivity index (χ4n) is 5.82. The number of carboxylic acids is 1. The topological polar surface area (TPSA) is 156 Å². The molecule has 1 atom stereocenters. The Kier molecular flexibility index (Phi) is 11.8. The zero-order valence-corrected chi connectivity index (χ0v) is 31.2. The predicted molar refractivity (Wildman–Crippen MR) is 197 cm³/mol. The van der Waals surface area contributed by atoms with E-state index in [1.165, 1.54) is 0 Å². The van der Waals surface area contributed by atoms with Crippen molar-refractivity contribution in [2.75, 3.05) is 45.2 Å². The number of fused-ring (bicyclic) bond motifs is 1. The van der Waals surface area contributed by atoms with Gasteiger partial charge < -0.3 is 49.3 Å². The van der Waals surface area contributed by atoms with Crippen LogP contribution in [-0.4, -0.2) is 73.3 Å². The van der Waals surface area contributed by atoms with Crippen molar-refractivity contribution in [1.29, 1.82) is 0 Å². The molecule has 0 aliphatic rings. The molecule has 51 heavy (non-hydrogen) atoms. The van der Waals surface area contributed by atoms with Crippen LogP contribution in [0.15, 0.2) is 54.6 Å². The first-order chi connectivity index (χ1) is 24.0. The first kappa shape index (κ1) is 38.5. The van der Waals surface area contributed by atoms with Gasteiger partial charge in [0.1, 0.15) is 34.1 Å². The van der Waals surface area contributed by atoms with Crippen molar-refractivity contribution in [1.82, 2.24) is 15.3 Å². The number of rotatable bonds is 15. The van der Waals surface area contributed by atoms with Gasteiger partial charge in [0.25, 0.3) is 0 Å². The summed E-state index contributed by atoms with van der Waals surface area (Å²) in [5.41, 5.74) is 0.911. The molecule has 0 saturated heterocycles. The molecule has 13 nitrogen and oxygen atoms in total. The van der Waals surface area contributed by atoms with Crippen LogP contribution in [0.3, 0.4) is 0 Å².